The summed E-state index contributed by atoms with van der Waals surface area (Å²) < 4.78 is 0. The number of hydrogen-bond donors (Lipinski definition) is 2. The lowest BCUT2D eigenvalue weighted by atomic mass is 9.98. The molecule has 1 heterocycles. The number of urea groups is 1. The van der Waals surface area contributed by atoms with E-state index in [1.54, 1.807) is 4.90 Å². The Bertz CT molecular complexity index is 265. The molecule has 1 rings (SSSR count). The third-order valence-corrected chi connectivity index (χ3v) is 4.03. The molecule has 1 fully saturated rings. The van der Waals surface area contributed by atoms with Gasteiger partial charge in [-0.2, -0.15) is 0 Å². The van der Waals surface area contributed by atoms with Crippen molar-refractivity contribution in [1.29, 1.82) is 0 Å². The fourth-order valence-corrected chi connectivity index (χ4v) is 2.47. The summed E-state index contributed by atoms with van der Waals surface area (Å²) in [7, 11) is 0. The van der Waals surface area contributed by atoms with Crippen LogP contribution in [-0.2, 0) is 0 Å². The summed E-state index contributed by atoms with van der Waals surface area (Å²) in [6.45, 7) is 10.4. The molecule has 0 aromatic carbocycles. The van der Waals surface area contributed by atoms with Crippen molar-refractivity contribution >= 4 is 6.03 Å². The average molecular weight is 271 g/mol. The van der Waals surface area contributed by atoms with Crippen molar-refractivity contribution < 1.29 is 9.90 Å². The topological polar surface area (TPSA) is 55.8 Å². The fraction of sp³-hybridized carbons (Fsp3) is 0.929. The van der Waals surface area contributed by atoms with Gasteiger partial charge in [-0.25, -0.2) is 4.79 Å². The number of aliphatic hydroxyl groups is 1. The molecule has 2 amide bonds. The normalized spacial score (nSPS) is 19.2. The molecular formula is C14H29N3O2. The van der Waals surface area contributed by atoms with Crippen LogP contribution in [0.5, 0.6) is 0 Å². The van der Waals surface area contributed by atoms with Gasteiger partial charge in [0.05, 0.1) is 6.61 Å². The summed E-state index contributed by atoms with van der Waals surface area (Å²) in [4.78, 5) is 16.0. The van der Waals surface area contributed by atoms with Crippen molar-refractivity contribution in [2.24, 2.45) is 5.92 Å². The van der Waals surface area contributed by atoms with Crippen molar-refractivity contribution in [3.8, 4) is 0 Å². The Labute approximate surface area is 117 Å². The summed E-state index contributed by atoms with van der Waals surface area (Å²) in [5.41, 5.74) is 0. The second-order valence-electron chi connectivity index (χ2n) is 5.56. The Balaban J connectivity index is 2.28. The van der Waals surface area contributed by atoms with E-state index < -0.39 is 0 Å². The van der Waals surface area contributed by atoms with Gasteiger partial charge in [-0.15, -0.1) is 0 Å². The third kappa shape index (κ3) is 5.37. The second-order valence-corrected chi connectivity index (χ2v) is 5.56. The number of likely N-dealkylation sites (tertiary alicyclic amines) is 1. The van der Waals surface area contributed by atoms with E-state index in [2.05, 4.69) is 24.1 Å². The average Bonchev–Trinajstić information content (AvgIpc) is 2.42. The molecular weight excluding hydrogens is 242 g/mol. The van der Waals surface area contributed by atoms with Crippen LogP contribution in [0.3, 0.4) is 0 Å². The van der Waals surface area contributed by atoms with E-state index in [9.17, 15) is 4.79 Å². The minimum atomic E-state index is -0.0752. The van der Waals surface area contributed by atoms with Crippen molar-refractivity contribution in [2.75, 3.05) is 39.3 Å². The van der Waals surface area contributed by atoms with Crippen LogP contribution in [-0.4, -0.2) is 66.3 Å². The van der Waals surface area contributed by atoms with E-state index in [0.717, 1.165) is 19.0 Å². The molecule has 0 aromatic rings. The summed E-state index contributed by atoms with van der Waals surface area (Å²) in [6.07, 6.45) is 2.51. The highest BCUT2D eigenvalue weighted by molar-refractivity contribution is 5.74. The Kier molecular flexibility index (Phi) is 7.16. The molecule has 1 atom stereocenters. The number of aliphatic hydroxyl groups excluding tert-OH is 1. The Morgan fingerprint density at radius 3 is 2.63 bits per heavy atom. The molecule has 19 heavy (non-hydrogen) atoms. The first-order valence-electron chi connectivity index (χ1n) is 7.46. The molecule has 2 N–H and O–H groups in total. The quantitative estimate of drug-likeness (QED) is 0.761. The van der Waals surface area contributed by atoms with E-state index in [1.807, 2.05) is 6.92 Å². The molecule has 1 saturated heterocycles. The summed E-state index contributed by atoms with van der Waals surface area (Å²) in [5, 5.41) is 11.9. The number of rotatable bonds is 6. The standard InChI is InChI=1S/C14H29N3O2/c1-4-16(9-10-18)14(19)15-11-13(3)17-7-5-12(2)6-8-17/h12-13,18H,4-11H2,1-3H3,(H,15,19). The minimum absolute atomic E-state index is 0.0147. The highest BCUT2D eigenvalue weighted by Crippen LogP contribution is 2.17. The molecule has 0 spiro atoms. The number of hydrogen-bond acceptors (Lipinski definition) is 3. The molecule has 5 heteroatoms. The predicted octanol–water partition coefficient (Wildman–Crippen LogP) is 1.13. The van der Waals surface area contributed by atoms with Crippen molar-refractivity contribution in [3.63, 3.8) is 0 Å². The molecule has 0 aliphatic carbocycles. The van der Waals surface area contributed by atoms with Gasteiger partial charge in [0.2, 0.25) is 0 Å². The minimum Gasteiger partial charge on any atom is -0.395 e. The summed E-state index contributed by atoms with van der Waals surface area (Å²) >= 11 is 0. The van der Waals surface area contributed by atoms with E-state index in [-0.39, 0.29) is 12.6 Å². The molecule has 0 bridgehead atoms. The first kappa shape index (κ1) is 16.2. The van der Waals surface area contributed by atoms with Gasteiger partial charge >= 0.3 is 6.03 Å². The molecule has 112 valence electrons. The maximum absolute atomic E-state index is 11.9. The monoisotopic (exact) mass is 271 g/mol. The molecule has 1 unspecified atom stereocenters. The largest absolute Gasteiger partial charge is 0.395 e. The van der Waals surface area contributed by atoms with Gasteiger partial charge in [-0.3, -0.25) is 4.90 Å². The number of nitrogens with zero attached hydrogens (tertiary/aromatic N) is 2. The molecule has 0 saturated carbocycles. The Morgan fingerprint density at radius 1 is 1.47 bits per heavy atom. The molecule has 0 radical (unpaired) electrons. The van der Waals surface area contributed by atoms with E-state index in [4.69, 9.17) is 5.11 Å². The maximum atomic E-state index is 11.9. The van der Waals surface area contributed by atoms with Crippen LogP contribution in [0.2, 0.25) is 0 Å². The lowest BCUT2D eigenvalue weighted by Crippen LogP contribution is -2.49. The number of nitrogens with one attached hydrogen (secondary N) is 1. The maximum Gasteiger partial charge on any atom is 0.317 e. The Hall–Kier alpha value is -0.810. The van der Waals surface area contributed by atoms with Gasteiger partial charge in [-0.05, 0) is 45.7 Å². The van der Waals surface area contributed by atoms with Crippen LogP contribution in [0.25, 0.3) is 0 Å². The fourth-order valence-electron chi connectivity index (χ4n) is 2.47. The van der Waals surface area contributed by atoms with E-state index >= 15 is 0 Å². The van der Waals surface area contributed by atoms with Gasteiger partial charge in [0.1, 0.15) is 0 Å². The molecule has 5 nitrogen and oxygen atoms in total. The lowest BCUT2D eigenvalue weighted by molar-refractivity contribution is 0.140. The van der Waals surface area contributed by atoms with Gasteiger partial charge in [0, 0.05) is 25.7 Å². The van der Waals surface area contributed by atoms with Crippen LogP contribution in [0, 0.1) is 5.92 Å². The van der Waals surface area contributed by atoms with Crippen LogP contribution in [0.4, 0.5) is 4.79 Å². The molecule has 0 aromatic heterocycles. The lowest BCUT2D eigenvalue weighted by Gasteiger charge is -2.35. The van der Waals surface area contributed by atoms with Crippen molar-refractivity contribution in [2.45, 2.75) is 39.7 Å². The molecule has 1 aliphatic rings. The van der Waals surface area contributed by atoms with Crippen molar-refractivity contribution in [3.05, 3.63) is 0 Å². The number of carbonyl (C=O) groups excluding carboxylic acids is 1. The number of carbonyl (C=O) groups is 1. The SMILES string of the molecule is CCN(CCO)C(=O)NCC(C)N1CCC(C)CC1. The van der Waals surface area contributed by atoms with Crippen LogP contribution in [0.1, 0.15) is 33.6 Å². The first-order valence-corrected chi connectivity index (χ1v) is 7.46. The zero-order valence-corrected chi connectivity index (χ0v) is 12.6. The summed E-state index contributed by atoms with van der Waals surface area (Å²) in [5.74, 6) is 0.832. The predicted molar refractivity (Wildman–Crippen MR) is 77.2 cm³/mol. The number of piperidine rings is 1. The van der Waals surface area contributed by atoms with Gasteiger partial charge in [-0.1, -0.05) is 6.92 Å². The second kappa shape index (κ2) is 8.38. The van der Waals surface area contributed by atoms with Crippen LogP contribution < -0.4 is 5.32 Å². The van der Waals surface area contributed by atoms with Crippen LogP contribution in [0.15, 0.2) is 0 Å². The van der Waals surface area contributed by atoms with Crippen LogP contribution >= 0.6 is 0 Å². The highest BCUT2D eigenvalue weighted by Gasteiger charge is 2.21. The zero-order valence-electron chi connectivity index (χ0n) is 12.6. The molecule has 1 aliphatic heterocycles. The zero-order chi connectivity index (χ0) is 14.3. The van der Waals surface area contributed by atoms with E-state index in [0.29, 0.717) is 25.7 Å². The van der Waals surface area contributed by atoms with Gasteiger partial charge < -0.3 is 15.3 Å². The number of amides is 2. The smallest absolute Gasteiger partial charge is 0.317 e. The Morgan fingerprint density at radius 2 is 2.11 bits per heavy atom. The van der Waals surface area contributed by atoms with Gasteiger partial charge in [0.15, 0.2) is 0 Å². The highest BCUT2D eigenvalue weighted by atomic mass is 16.3. The third-order valence-electron chi connectivity index (χ3n) is 4.03. The number of likely N-dealkylation sites (N-methyl/N-ethyl adjacent to an activating group) is 1. The summed E-state index contributed by atoms with van der Waals surface area (Å²) in [6, 6.07) is 0.304. The van der Waals surface area contributed by atoms with Crippen molar-refractivity contribution in [1.82, 2.24) is 15.1 Å². The first-order chi connectivity index (χ1) is 9.08. The van der Waals surface area contributed by atoms with Gasteiger partial charge in [0.25, 0.3) is 0 Å². The van der Waals surface area contributed by atoms with E-state index in [1.165, 1.54) is 12.8 Å².